The van der Waals surface area contributed by atoms with Gasteiger partial charge in [-0.05, 0) is 61.5 Å². The van der Waals surface area contributed by atoms with Crippen molar-refractivity contribution in [2.75, 3.05) is 25.1 Å². The standard InChI is InChI=1S/C27H23Cl2N3O3/c1-2-34-15-16-35-23-13-11-22(12-14-23)30-27(33)26-31-24(18-3-7-20(28)8-4-18)17-25(32-26)19-5-9-21(29)10-6-19/h3-14,17H,2,15-16H2,1H3,(H,30,33). The maximum Gasteiger partial charge on any atom is 0.293 e. The molecule has 0 aliphatic heterocycles. The van der Waals surface area contributed by atoms with Gasteiger partial charge in [-0.15, -0.1) is 0 Å². The van der Waals surface area contributed by atoms with Crippen molar-refractivity contribution in [1.29, 1.82) is 0 Å². The molecule has 4 aromatic rings. The summed E-state index contributed by atoms with van der Waals surface area (Å²) < 4.78 is 10.9. The summed E-state index contributed by atoms with van der Waals surface area (Å²) in [5.41, 5.74) is 3.43. The van der Waals surface area contributed by atoms with Crippen molar-refractivity contribution < 1.29 is 14.3 Å². The Kier molecular flexibility index (Phi) is 8.32. The first-order valence-corrected chi connectivity index (χ1v) is 11.8. The lowest BCUT2D eigenvalue weighted by molar-refractivity contribution is 0.101. The maximum atomic E-state index is 13.1. The number of carbonyl (C=O) groups excluding carboxylic acids is 1. The number of aromatic nitrogens is 2. The van der Waals surface area contributed by atoms with Crippen LogP contribution in [-0.2, 0) is 4.74 Å². The molecule has 0 spiro atoms. The lowest BCUT2D eigenvalue weighted by Gasteiger charge is -2.10. The summed E-state index contributed by atoms with van der Waals surface area (Å²) in [5.74, 6) is 0.300. The van der Waals surface area contributed by atoms with Crippen LogP contribution in [0, 0.1) is 0 Å². The minimum absolute atomic E-state index is 0.0411. The van der Waals surface area contributed by atoms with Crippen LogP contribution >= 0.6 is 23.2 Å². The molecule has 0 aliphatic carbocycles. The van der Waals surface area contributed by atoms with Crippen LogP contribution in [0.1, 0.15) is 17.5 Å². The molecule has 1 aromatic heterocycles. The van der Waals surface area contributed by atoms with Crippen molar-refractivity contribution in [3.63, 3.8) is 0 Å². The van der Waals surface area contributed by atoms with Crippen molar-refractivity contribution in [3.8, 4) is 28.3 Å². The number of amides is 1. The molecule has 0 saturated carbocycles. The molecule has 0 radical (unpaired) electrons. The zero-order valence-electron chi connectivity index (χ0n) is 19.0. The van der Waals surface area contributed by atoms with Crippen LogP contribution in [0.2, 0.25) is 10.0 Å². The molecule has 8 heteroatoms. The summed E-state index contributed by atoms with van der Waals surface area (Å²) in [6.07, 6.45) is 0. The van der Waals surface area contributed by atoms with Gasteiger partial charge in [0.15, 0.2) is 0 Å². The lowest BCUT2D eigenvalue weighted by Crippen LogP contribution is -2.16. The zero-order chi connectivity index (χ0) is 24.6. The largest absolute Gasteiger partial charge is 0.491 e. The minimum atomic E-state index is -0.430. The summed E-state index contributed by atoms with van der Waals surface area (Å²) >= 11 is 12.1. The van der Waals surface area contributed by atoms with Crippen molar-refractivity contribution >= 4 is 34.8 Å². The SMILES string of the molecule is CCOCCOc1ccc(NC(=O)c2nc(-c3ccc(Cl)cc3)cc(-c3ccc(Cl)cc3)n2)cc1. The van der Waals surface area contributed by atoms with E-state index in [4.69, 9.17) is 32.7 Å². The first kappa shape index (κ1) is 24.7. The molecule has 0 atom stereocenters. The topological polar surface area (TPSA) is 73.3 Å². The van der Waals surface area contributed by atoms with Gasteiger partial charge in [-0.25, -0.2) is 9.97 Å². The third-order valence-corrected chi connectivity index (χ3v) is 5.53. The normalized spacial score (nSPS) is 10.7. The molecule has 1 amide bonds. The van der Waals surface area contributed by atoms with E-state index < -0.39 is 5.91 Å². The van der Waals surface area contributed by atoms with E-state index in [-0.39, 0.29) is 5.82 Å². The fourth-order valence-corrected chi connectivity index (χ4v) is 3.52. The molecule has 0 aliphatic rings. The summed E-state index contributed by atoms with van der Waals surface area (Å²) in [7, 11) is 0. The van der Waals surface area contributed by atoms with Crippen molar-refractivity contribution in [2.45, 2.75) is 6.92 Å². The number of nitrogens with one attached hydrogen (secondary N) is 1. The third-order valence-electron chi connectivity index (χ3n) is 5.02. The van der Waals surface area contributed by atoms with Gasteiger partial charge < -0.3 is 14.8 Å². The summed E-state index contributed by atoms with van der Waals surface area (Å²) in [6, 6.07) is 23.4. The van der Waals surface area contributed by atoms with Crippen LogP contribution in [0.25, 0.3) is 22.5 Å². The lowest BCUT2D eigenvalue weighted by atomic mass is 10.1. The summed E-state index contributed by atoms with van der Waals surface area (Å²) in [4.78, 5) is 22.1. The molecule has 6 nitrogen and oxygen atoms in total. The average molecular weight is 508 g/mol. The van der Waals surface area contributed by atoms with Gasteiger partial charge in [-0.1, -0.05) is 47.5 Å². The molecule has 1 heterocycles. The van der Waals surface area contributed by atoms with Crippen LogP contribution in [0.4, 0.5) is 5.69 Å². The molecular formula is C27H23Cl2N3O3. The number of rotatable bonds is 9. The number of halogens is 2. The van der Waals surface area contributed by atoms with E-state index >= 15 is 0 Å². The fraction of sp³-hybridized carbons (Fsp3) is 0.148. The van der Waals surface area contributed by atoms with Gasteiger partial charge in [0.05, 0.1) is 18.0 Å². The Balaban J connectivity index is 1.58. The second-order valence-electron chi connectivity index (χ2n) is 7.50. The first-order chi connectivity index (χ1) is 17.0. The van der Waals surface area contributed by atoms with Crippen LogP contribution in [0.5, 0.6) is 5.75 Å². The highest BCUT2D eigenvalue weighted by molar-refractivity contribution is 6.30. The number of hydrogen-bond acceptors (Lipinski definition) is 5. The molecule has 35 heavy (non-hydrogen) atoms. The van der Waals surface area contributed by atoms with Crippen LogP contribution in [-0.4, -0.2) is 35.7 Å². The highest BCUT2D eigenvalue weighted by Crippen LogP contribution is 2.26. The van der Waals surface area contributed by atoms with E-state index in [1.54, 1.807) is 48.5 Å². The van der Waals surface area contributed by atoms with Crippen molar-refractivity contribution in [3.05, 3.63) is 94.7 Å². The maximum absolute atomic E-state index is 13.1. The third kappa shape index (κ3) is 6.79. The Bertz CT molecular complexity index is 1220. The molecule has 1 N–H and O–H groups in total. The van der Waals surface area contributed by atoms with Crippen LogP contribution in [0.15, 0.2) is 78.9 Å². The van der Waals surface area contributed by atoms with E-state index in [9.17, 15) is 4.79 Å². The Labute approximate surface area is 213 Å². The Morgan fingerprint density at radius 3 is 1.86 bits per heavy atom. The quantitative estimate of drug-likeness (QED) is 0.252. The van der Waals surface area contributed by atoms with Crippen molar-refractivity contribution in [1.82, 2.24) is 9.97 Å². The van der Waals surface area contributed by atoms with Gasteiger partial charge in [-0.3, -0.25) is 4.79 Å². The van der Waals surface area contributed by atoms with Gasteiger partial charge in [0.1, 0.15) is 12.4 Å². The van der Waals surface area contributed by atoms with Gasteiger partial charge in [0.25, 0.3) is 5.91 Å². The first-order valence-electron chi connectivity index (χ1n) is 11.0. The van der Waals surface area contributed by atoms with Gasteiger partial charge in [0.2, 0.25) is 5.82 Å². The number of anilines is 1. The fourth-order valence-electron chi connectivity index (χ4n) is 3.27. The van der Waals surface area contributed by atoms with E-state index in [2.05, 4.69) is 15.3 Å². The zero-order valence-corrected chi connectivity index (χ0v) is 20.5. The molecule has 0 bridgehead atoms. The van der Waals surface area contributed by atoms with Gasteiger partial charge >= 0.3 is 0 Å². The molecule has 178 valence electrons. The van der Waals surface area contributed by atoms with E-state index in [1.165, 1.54) is 0 Å². The summed E-state index contributed by atoms with van der Waals surface area (Å²) in [5, 5.41) is 4.08. The van der Waals surface area contributed by atoms with Gasteiger partial charge in [-0.2, -0.15) is 0 Å². The molecule has 3 aromatic carbocycles. The Hall–Kier alpha value is -3.45. The average Bonchev–Trinajstić information content (AvgIpc) is 2.88. The highest BCUT2D eigenvalue weighted by atomic mass is 35.5. The molecule has 0 fully saturated rings. The molecule has 0 saturated heterocycles. The molecule has 4 rings (SSSR count). The smallest absolute Gasteiger partial charge is 0.293 e. The second-order valence-corrected chi connectivity index (χ2v) is 8.37. The number of ether oxygens (including phenoxy) is 2. The number of hydrogen-bond donors (Lipinski definition) is 1. The van der Waals surface area contributed by atoms with E-state index in [0.717, 1.165) is 11.1 Å². The monoisotopic (exact) mass is 507 g/mol. The Morgan fingerprint density at radius 1 is 0.800 bits per heavy atom. The van der Waals surface area contributed by atoms with Gasteiger partial charge in [0, 0.05) is 33.5 Å². The van der Waals surface area contributed by atoms with Crippen LogP contribution < -0.4 is 10.1 Å². The van der Waals surface area contributed by atoms with E-state index in [0.29, 0.717) is 52.7 Å². The number of carbonyl (C=O) groups is 1. The number of benzene rings is 3. The Morgan fingerprint density at radius 2 is 1.34 bits per heavy atom. The predicted octanol–water partition coefficient (Wildman–Crippen LogP) is 6.79. The second kappa shape index (κ2) is 11.8. The van der Waals surface area contributed by atoms with E-state index in [1.807, 2.05) is 37.3 Å². The predicted molar refractivity (Wildman–Crippen MR) is 139 cm³/mol. The van der Waals surface area contributed by atoms with Crippen LogP contribution in [0.3, 0.4) is 0 Å². The highest BCUT2D eigenvalue weighted by Gasteiger charge is 2.15. The summed E-state index contributed by atoms with van der Waals surface area (Å²) in [6.45, 7) is 3.56. The number of nitrogens with zero attached hydrogens (tertiary/aromatic N) is 2. The minimum Gasteiger partial charge on any atom is -0.491 e. The molecular weight excluding hydrogens is 485 g/mol. The molecule has 0 unspecified atom stereocenters. The van der Waals surface area contributed by atoms with Crippen molar-refractivity contribution in [2.24, 2.45) is 0 Å².